The van der Waals surface area contributed by atoms with Gasteiger partial charge in [0.25, 0.3) is 0 Å². The van der Waals surface area contributed by atoms with Gasteiger partial charge in [0.2, 0.25) is 0 Å². The van der Waals surface area contributed by atoms with Gasteiger partial charge in [0.15, 0.2) is 0 Å². The van der Waals surface area contributed by atoms with Crippen molar-refractivity contribution in [3.8, 4) is 0 Å². The molecule has 1 rings (SSSR count). The Balaban J connectivity index is 2.42. The predicted molar refractivity (Wildman–Crippen MR) is 78.4 cm³/mol. The van der Waals surface area contributed by atoms with Crippen LogP contribution in [0.4, 0.5) is 11.4 Å². The monoisotopic (exact) mass is 254 g/mol. The van der Waals surface area contributed by atoms with E-state index in [-0.39, 0.29) is 0 Å². The summed E-state index contributed by atoms with van der Waals surface area (Å²) in [6.07, 6.45) is 5.12. The topological polar surface area (TPSA) is 15.3 Å². The number of halogens is 1. The predicted octanol–water partition coefficient (Wildman–Crippen LogP) is 4.40. The Labute approximate surface area is 110 Å². The molecule has 0 aromatic heterocycles. The highest BCUT2D eigenvalue weighted by Crippen LogP contribution is 2.27. The van der Waals surface area contributed by atoms with E-state index in [0.717, 1.165) is 22.9 Å². The van der Waals surface area contributed by atoms with Gasteiger partial charge >= 0.3 is 0 Å². The van der Waals surface area contributed by atoms with E-state index in [4.69, 9.17) is 11.6 Å². The Morgan fingerprint density at radius 2 is 1.94 bits per heavy atom. The van der Waals surface area contributed by atoms with Crippen LogP contribution in [0.5, 0.6) is 0 Å². The lowest BCUT2D eigenvalue weighted by Gasteiger charge is -2.15. The van der Waals surface area contributed by atoms with Gasteiger partial charge in [-0.2, -0.15) is 0 Å². The summed E-state index contributed by atoms with van der Waals surface area (Å²) in [5.74, 6) is 0. The van der Waals surface area contributed by atoms with Gasteiger partial charge in [0.05, 0.1) is 10.7 Å². The van der Waals surface area contributed by atoms with Crippen LogP contribution in [-0.4, -0.2) is 20.6 Å². The molecular weight excluding hydrogens is 232 g/mol. The van der Waals surface area contributed by atoms with E-state index in [9.17, 15) is 0 Å². The van der Waals surface area contributed by atoms with Crippen molar-refractivity contribution in [3.05, 3.63) is 23.2 Å². The number of unbranched alkanes of at least 4 members (excludes halogenated alkanes) is 3. The van der Waals surface area contributed by atoms with E-state index in [0.29, 0.717) is 0 Å². The fourth-order valence-electron chi connectivity index (χ4n) is 1.76. The summed E-state index contributed by atoms with van der Waals surface area (Å²) in [6.45, 7) is 3.25. The van der Waals surface area contributed by atoms with Gasteiger partial charge in [-0.1, -0.05) is 37.8 Å². The molecule has 1 aromatic carbocycles. The maximum Gasteiger partial charge on any atom is 0.0659 e. The van der Waals surface area contributed by atoms with E-state index in [2.05, 4.69) is 24.4 Å². The Morgan fingerprint density at radius 1 is 1.18 bits per heavy atom. The first-order chi connectivity index (χ1) is 8.15. The zero-order valence-electron chi connectivity index (χ0n) is 11.1. The summed E-state index contributed by atoms with van der Waals surface area (Å²) in [4.78, 5) is 2.02. The SMILES string of the molecule is CCCCCCNc1ccc(N(C)C)c(Cl)c1. The van der Waals surface area contributed by atoms with Crippen molar-refractivity contribution in [2.75, 3.05) is 30.9 Å². The second kappa shape index (κ2) is 7.44. The first kappa shape index (κ1) is 14.2. The lowest BCUT2D eigenvalue weighted by molar-refractivity contribution is 0.685. The second-order valence-electron chi connectivity index (χ2n) is 4.55. The van der Waals surface area contributed by atoms with E-state index in [1.165, 1.54) is 25.7 Å². The van der Waals surface area contributed by atoms with Gasteiger partial charge in [0, 0.05) is 26.3 Å². The highest BCUT2D eigenvalue weighted by Gasteiger charge is 2.02. The number of anilines is 2. The highest BCUT2D eigenvalue weighted by molar-refractivity contribution is 6.33. The van der Waals surface area contributed by atoms with Crippen LogP contribution in [0, 0.1) is 0 Å². The molecule has 17 heavy (non-hydrogen) atoms. The molecule has 2 nitrogen and oxygen atoms in total. The van der Waals surface area contributed by atoms with Gasteiger partial charge in [0.1, 0.15) is 0 Å². The highest BCUT2D eigenvalue weighted by atomic mass is 35.5. The van der Waals surface area contributed by atoms with Crippen molar-refractivity contribution < 1.29 is 0 Å². The van der Waals surface area contributed by atoms with Crippen LogP contribution in [0.25, 0.3) is 0 Å². The van der Waals surface area contributed by atoms with Gasteiger partial charge in [-0.05, 0) is 24.6 Å². The van der Waals surface area contributed by atoms with Gasteiger partial charge < -0.3 is 10.2 Å². The van der Waals surface area contributed by atoms with Gasteiger partial charge in [-0.25, -0.2) is 0 Å². The van der Waals surface area contributed by atoms with Crippen LogP contribution in [0.1, 0.15) is 32.6 Å². The summed E-state index contributed by atoms with van der Waals surface area (Å²) in [7, 11) is 4.00. The zero-order valence-corrected chi connectivity index (χ0v) is 11.8. The lowest BCUT2D eigenvalue weighted by atomic mass is 10.2. The van der Waals surface area contributed by atoms with E-state index in [1.807, 2.05) is 25.1 Å². The minimum atomic E-state index is 0.800. The fourth-order valence-corrected chi connectivity index (χ4v) is 2.11. The maximum atomic E-state index is 6.21. The normalized spacial score (nSPS) is 10.4. The summed E-state index contributed by atoms with van der Waals surface area (Å²) in [6, 6.07) is 6.13. The average molecular weight is 255 g/mol. The molecule has 0 saturated heterocycles. The molecule has 0 unspecified atom stereocenters. The molecule has 0 amide bonds. The summed E-state index contributed by atoms with van der Waals surface area (Å²) in [5, 5.41) is 4.21. The third-order valence-electron chi connectivity index (χ3n) is 2.79. The molecule has 0 aliphatic rings. The molecule has 1 aromatic rings. The van der Waals surface area contributed by atoms with Crippen molar-refractivity contribution in [2.45, 2.75) is 32.6 Å². The number of benzene rings is 1. The number of hydrogen-bond donors (Lipinski definition) is 1. The van der Waals surface area contributed by atoms with Crippen LogP contribution in [0.2, 0.25) is 5.02 Å². The second-order valence-corrected chi connectivity index (χ2v) is 4.96. The molecule has 0 bridgehead atoms. The first-order valence-electron chi connectivity index (χ1n) is 6.36. The molecule has 0 heterocycles. The van der Waals surface area contributed by atoms with Crippen molar-refractivity contribution in [3.63, 3.8) is 0 Å². The molecule has 0 aliphatic heterocycles. The van der Waals surface area contributed by atoms with Crippen LogP contribution in [0.15, 0.2) is 18.2 Å². The third-order valence-corrected chi connectivity index (χ3v) is 3.09. The molecule has 0 atom stereocenters. The summed E-state index contributed by atoms with van der Waals surface area (Å²) < 4.78 is 0. The molecule has 3 heteroatoms. The Morgan fingerprint density at radius 3 is 2.53 bits per heavy atom. The number of nitrogens with zero attached hydrogens (tertiary/aromatic N) is 1. The molecule has 1 N–H and O–H groups in total. The quantitative estimate of drug-likeness (QED) is 0.726. The largest absolute Gasteiger partial charge is 0.385 e. The molecule has 96 valence electrons. The van der Waals surface area contributed by atoms with Crippen molar-refractivity contribution in [2.24, 2.45) is 0 Å². The number of nitrogens with one attached hydrogen (secondary N) is 1. The van der Waals surface area contributed by atoms with Gasteiger partial charge in [-0.15, -0.1) is 0 Å². The summed E-state index contributed by atoms with van der Waals surface area (Å²) in [5.41, 5.74) is 2.17. The van der Waals surface area contributed by atoms with E-state index >= 15 is 0 Å². The van der Waals surface area contributed by atoms with Gasteiger partial charge in [-0.3, -0.25) is 0 Å². The standard InChI is InChI=1S/C14H23ClN2/c1-4-5-6-7-10-16-12-8-9-14(17(2)3)13(15)11-12/h8-9,11,16H,4-7,10H2,1-3H3. The smallest absolute Gasteiger partial charge is 0.0659 e. The minimum absolute atomic E-state index is 0.800. The molecule has 0 saturated carbocycles. The Kier molecular flexibility index (Phi) is 6.20. The van der Waals surface area contributed by atoms with E-state index in [1.54, 1.807) is 0 Å². The summed E-state index contributed by atoms with van der Waals surface area (Å²) >= 11 is 6.21. The van der Waals surface area contributed by atoms with Crippen LogP contribution in [-0.2, 0) is 0 Å². The number of rotatable bonds is 7. The van der Waals surface area contributed by atoms with Crippen LogP contribution in [0.3, 0.4) is 0 Å². The maximum absolute atomic E-state index is 6.21. The average Bonchev–Trinajstić information content (AvgIpc) is 2.28. The van der Waals surface area contributed by atoms with Crippen molar-refractivity contribution in [1.82, 2.24) is 0 Å². The molecule has 0 fully saturated rings. The first-order valence-corrected chi connectivity index (χ1v) is 6.73. The minimum Gasteiger partial charge on any atom is -0.385 e. The molecule has 0 aliphatic carbocycles. The fraction of sp³-hybridized carbons (Fsp3) is 0.571. The Hall–Kier alpha value is -0.890. The van der Waals surface area contributed by atoms with Crippen LogP contribution >= 0.6 is 11.6 Å². The third kappa shape index (κ3) is 4.86. The lowest BCUT2D eigenvalue weighted by Crippen LogP contribution is -2.09. The molecule has 0 radical (unpaired) electrons. The molecule has 0 spiro atoms. The van der Waals surface area contributed by atoms with Crippen LogP contribution < -0.4 is 10.2 Å². The zero-order chi connectivity index (χ0) is 12.7. The van der Waals surface area contributed by atoms with Crippen molar-refractivity contribution in [1.29, 1.82) is 0 Å². The Bertz CT molecular complexity index is 337. The molecular formula is C14H23ClN2. The van der Waals surface area contributed by atoms with E-state index < -0.39 is 0 Å². The van der Waals surface area contributed by atoms with Crippen molar-refractivity contribution >= 4 is 23.0 Å². The number of hydrogen-bond acceptors (Lipinski definition) is 2.